The Morgan fingerprint density at radius 1 is 1.45 bits per heavy atom. The molecule has 1 aromatic heterocycles. The van der Waals surface area contributed by atoms with Gasteiger partial charge in [-0.3, -0.25) is 14.9 Å². The number of nitro groups is 1. The predicted octanol–water partition coefficient (Wildman–Crippen LogP) is 2.61. The summed E-state index contributed by atoms with van der Waals surface area (Å²) in [6, 6.07) is 7.74. The van der Waals surface area contributed by atoms with Gasteiger partial charge < -0.3 is 14.5 Å². The number of benzene rings is 1. The van der Waals surface area contributed by atoms with Crippen molar-refractivity contribution in [3.05, 3.63) is 63.6 Å². The monoisotopic (exact) mass is 304 g/mol. The van der Waals surface area contributed by atoms with Crippen molar-refractivity contribution in [2.45, 2.75) is 13.0 Å². The number of methoxy groups -OCH3 is 1. The lowest BCUT2D eigenvalue weighted by atomic mass is 10.1. The highest BCUT2D eigenvalue weighted by atomic mass is 16.6. The van der Waals surface area contributed by atoms with Gasteiger partial charge in [0, 0.05) is 24.3 Å². The Bertz CT molecular complexity index is 667. The van der Waals surface area contributed by atoms with Crippen molar-refractivity contribution in [2.75, 3.05) is 13.7 Å². The van der Waals surface area contributed by atoms with E-state index >= 15 is 0 Å². The van der Waals surface area contributed by atoms with Crippen LogP contribution in [0.2, 0.25) is 0 Å². The maximum Gasteiger partial charge on any atom is 0.272 e. The van der Waals surface area contributed by atoms with Crippen LogP contribution in [-0.2, 0) is 4.74 Å². The van der Waals surface area contributed by atoms with Gasteiger partial charge in [-0.25, -0.2) is 0 Å². The number of nitrogens with zero attached hydrogens (tertiary/aromatic N) is 1. The highest BCUT2D eigenvalue weighted by molar-refractivity contribution is 5.94. The Kier molecular flexibility index (Phi) is 4.90. The lowest BCUT2D eigenvalue weighted by Gasteiger charge is -2.14. The molecule has 1 heterocycles. The molecule has 22 heavy (non-hydrogen) atoms. The Labute approximate surface area is 127 Å². The van der Waals surface area contributed by atoms with E-state index in [0.717, 1.165) is 0 Å². The third-order valence-electron chi connectivity index (χ3n) is 3.25. The largest absolute Gasteiger partial charge is 0.467 e. The van der Waals surface area contributed by atoms with E-state index in [4.69, 9.17) is 9.15 Å². The summed E-state index contributed by atoms with van der Waals surface area (Å²) >= 11 is 0. The highest BCUT2D eigenvalue weighted by Crippen LogP contribution is 2.19. The second-order valence-corrected chi connectivity index (χ2v) is 4.71. The van der Waals surface area contributed by atoms with Crippen LogP contribution in [0.1, 0.15) is 27.8 Å². The number of furan rings is 1. The minimum absolute atomic E-state index is 0.0121. The van der Waals surface area contributed by atoms with E-state index in [1.807, 2.05) is 0 Å². The van der Waals surface area contributed by atoms with Crippen molar-refractivity contribution in [2.24, 2.45) is 0 Å². The van der Waals surface area contributed by atoms with Crippen LogP contribution in [0.15, 0.2) is 41.0 Å². The first-order valence-electron chi connectivity index (χ1n) is 6.62. The molecule has 1 amide bonds. The van der Waals surface area contributed by atoms with Crippen molar-refractivity contribution in [3.63, 3.8) is 0 Å². The summed E-state index contributed by atoms with van der Waals surface area (Å²) < 4.78 is 10.5. The highest BCUT2D eigenvalue weighted by Gasteiger charge is 2.17. The maximum atomic E-state index is 12.1. The Balaban J connectivity index is 2.03. The van der Waals surface area contributed by atoms with Gasteiger partial charge in [0.05, 0.1) is 17.7 Å². The van der Waals surface area contributed by atoms with Gasteiger partial charge in [0.1, 0.15) is 11.9 Å². The molecule has 1 atom stereocenters. The number of hydrogen-bond acceptors (Lipinski definition) is 5. The molecule has 0 fully saturated rings. The second-order valence-electron chi connectivity index (χ2n) is 4.71. The summed E-state index contributed by atoms with van der Waals surface area (Å²) in [4.78, 5) is 22.4. The standard InChI is InChI=1S/C15H16N2O5/c1-10-8-11(5-6-12(10)17(19)20)15(18)16-9-14(21-2)13-4-3-7-22-13/h3-8,14H,9H2,1-2H3,(H,16,18). The number of aryl methyl sites for hydroxylation is 1. The van der Waals surface area contributed by atoms with Crippen LogP contribution in [0, 0.1) is 17.0 Å². The maximum absolute atomic E-state index is 12.1. The number of nitrogens with one attached hydrogen (secondary N) is 1. The lowest BCUT2D eigenvalue weighted by molar-refractivity contribution is -0.385. The van der Waals surface area contributed by atoms with Crippen LogP contribution >= 0.6 is 0 Å². The van der Waals surface area contributed by atoms with Gasteiger partial charge in [-0.05, 0) is 31.2 Å². The second kappa shape index (κ2) is 6.86. The van der Waals surface area contributed by atoms with Gasteiger partial charge in [0.2, 0.25) is 0 Å². The smallest absolute Gasteiger partial charge is 0.272 e. The van der Waals surface area contributed by atoms with E-state index < -0.39 is 11.0 Å². The summed E-state index contributed by atoms with van der Waals surface area (Å²) in [5.41, 5.74) is 0.784. The number of rotatable bonds is 6. The Morgan fingerprint density at radius 3 is 2.77 bits per heavy atom. The van der Waals surface area contributed by atoms with E-state index in [0.29, 0.717) is 16.9 Å². The van der Waals surface area contributed by atoms with Gasteiger partial charge in [-0.15, -0.1) is 0 Å². The normalized spacial score (nSPS) is 11.9. The van der Waals surface area contributed by atoms with Crippen LogP contribution in [0.5, 0.6) is 0 Å². The minimum Gasteiger partial charge on any atom is -0.467 e. The van der Waals surface area contributed by atoms with E-state index in [-0.39, 0.29) is 18.1 Å². The molecule has 7 nitrogen and oxygen atoms in total. The minimum atomic E-state index is -0.477. The zero-order valence-corrected chi connectivity index (χ0v) is 12.2. The zero-order valence-electron chi connectivity index (χ0n) is 12.2. The molecule has 1 aromatic carbocycles. The SMILES string of the molecule is COC(CNC(=O)c1ccc([N+](=O)[O-])c(C)c1)c1ccco1. The summed E-state index contributed by atoms with van der Waals surface area (Å²) in [7, 11) is 1.52. The number of hydrogen-bond donors (Lipinski definition) is 1. The fraction of sp³-hybridized carbons (Fsp3) is 0.267. The molecular formula is C15H16N2O5. The fourth-order valence-electron chi connectivity index (χ4n) is 2.06. The molecule has 0 aliphatic rings. The molecule has 0 saturated heterocycles. The van der Waals surface area contributed by atoms with E-state index in [9.17, 15) is 14.9 Å². The average molecular weight is 304 g/mol. The van der Waals surface area contributed by atoms with Gasteiger partial charge in [-0.2, -0.15) is 0 Å². The average Bonchev–Trinajstić information content (AvgIpc) is 3.01. The zero-order chi connectivity index (χ0) is 16.1. The van der Waals surface area contributed by atoms with Crippen molar-refractivity contribution < 1.29 is 18.9 Å². The van der Waals surface area contributed by atoms with Crippen molar-refractivity contribution in [1.82, 2.24) is 5.32 Å². The van der Waals surface area contributed by atoms with Gasteiger partial charge in [0.25, 0.3) is 11.6 Å². The van der Waals surface area contributed by atoms with E-state index in [1.54, 1.807) is 19.1 Å². The number of nitro benzene ring substituents is 1. The fourth-order valence-corrected chi connectivity index (χ4v) is 2.06. The van der Waals surface area contributed by atoms with Crippen molar-refractivity contribution >= 4 is 11.6 Å². The van der Waals surface area contributed by atoms with E-state index in [2.05, 4.69) is 5.32 Å². The van der Waals surface area contributed by atoms with Crippen LogP contribution in [-0.4, -0.2) is 24.5 Å². The lowest BCUT2D eigenvalue weighted by Crippen LogP contribution is -2.29. The van der Waals surface area contributed by atoms with Crippen LogP contribution < -0.4 is 5.32 Å². The Morgan fingerprint density at radius 2 is 2.23 bits per heavy atom. The summed E-state index contributed by atoms with van der Waals surface area (Å²) in [5, 5.41) is 13.5. The summed E-state index contributed by atoms with van der Waals surface area (Å²) in [6.45, 7) is 1.83. The molecule has 0 bridgehead atoms. The molecule has 2 rings (SSSR count). The van der Waals surface area contributed by atoms with Gasteiger partial charge in [0.15, 0.2) is 0 Å². The molecule has 2 aromatic rings. The number of carbonyl (C=O) groups is 1. The van der Waals surface area contributed by atoms with Crippen LogP contribution in [0.4, 0.5) is 5.69 Å². The van der Waals surface area contributed by atoms with Crippen molar-refractivity contribution in [1.29, 1.82) is 0 Å². The summed E-state index contributed by atoms with van der Waals surface area (Å²) in [6.07, 6.45) is 1.14. The van der Waals surface area contributed by atoms with Crippen LogP contribution in [0.3, 0.4) is 0 Å². The first-order chi connectivity index (χ1) is 10.5. The topological polar surface area (TPSA) is 94.6 Å². The molecule has 116 valence electrons. The molecule has 0 aliphatic heterocycles. The molecule has 1 N–H and O–H groups in total. The first kappa shape index (κ1) is 15.7. The number of ether oxygens (including phenoxy) is 1. The van der Waals surface area contributed by atoms with Gasteiger partial charge in [-0.1, -0.05) is 0 Å². The molecule has 0 spiro atoms. The summed E-state index contributed by atoms with van der Waals surface area (Å²) in [5.74, 6) is 0.286. The third-order valence-corrected chi connectivity index (χ3v) is 3.25. The Hall–Kier alpha value is -2.67. The molecular weight excluding hydrogens is 288 g/mol. The van der Waals surface area contributed by atoms with Crippen molar-refractivity contribution in [3.8, 4) is 0 Å². The third kappa shape index (κ3) is 3.50. The molecule has 7 heteroatoms. The van der Waals surface area contributed by atoms with Crippen LogP contribution in [0.25, 0.3) is 0 Å². The first-order valence-corrected chi connectivity index (χ1v) is 6.62. The number of carbonyl (C=O) groups excluding carboxylic acids is 1. The quantitative estimate of drug-likeness (QED) is 0.654. The van der Waals surface area contributed by atoms with Gasteiger partial charge >= 0.3 is 0 Å². The molecule has 1 unspecified atom stereocenters. The molecule has 0 saturated carbocycles. The van der Waals surface area contributed by atoms with E-state index in [1.165, 1.54) is 31.6 Å². The number of amides is 1. The molecule has 0 radical (unpaired) electrons. The predicted molar refractivity (Wildman–Crippen MR) is 78.6 cm³/mol. The molecule has 0 aliphatic carbocycles.